The summed E-state index contributed by atoms with van der Waals surface area (Å²) < 4.78 is 27.8. The predicted octanol–water partition coefficient (Wildman–Crippen LogP) is 3.17. The minimum Gasteiger partial charge on any atom is -0.339 e. The molecule has 158 valence electrons. The van der Waals surface area contributed by atoms with Crippen molar-refractivity contribution in [1.29, 1.82) is 0 Å². The number of benzene rings is 1. The Kier molecular flexibility index (Phi) is 7.45. The van der Waals surface area contributed by atoms with Gasteiger partial charge in [-0.05, 0) is 55.1 Å². The summed E-state index contributed by atoms with van der Waals surface area (Å²) in [5.74, 6) is 0.0129. The van der Waals surface area contributed by atoms with E-state index in [0.717, 1.165) is 19.6 Å². The lowest BCUT2D eigenvalue weighted by molar-refractivity contribution is 0.0711. The first-order chi connectivity index (χ1) is 13.9. The molecule has 0 atom stereocenters. The van der Waals surface area contributed by atoms with E-state index in [0.29, 0.717) is 35.7 Å². The molecule has 1 aromatic heterocycles. The number of hydrogen-bond donors (Lipinski definition) is 1. The smallest absolute Gasteiger partial charge is 0.253 e. The lowest BCUT2D eigenvalue weighted by atomic mass is 10.0. The van der Waals surface area contributed by atoms with Gasteiger partial charge in [-0.15, -0.1) is 11.3 Å². The van der Waals surface area contributed by atoms with Crippen LogP contribution in [0.2, 0.25) is 0 Å². The second-order valence-electron chi connectivity index (χ2n) is 7.28. The molecular weight excluding hydrogens is 406 g/mol. The van der Waals surface area contributed by atoms with Gasteiger partial charge in [0, 0.05) is 31.2 Å². The molecule has 8 heteroatoms. The molecule has 0 saturated carbocycles. The maximum absolute atomic E-state index is 12.8. The summed E-state index contributed by atoms with van der Waals surface area (Å²) in [5, 5.41) is 1.75. The van der Waals surface area contributed by atoms with E-state index in [1.165, 1.54) is 16.9 Å². The number of likely N-dealkylation sites (tertiary alicyclic amines) is 1. The van der Waals surface area contributed by atoms with Crippen molar-refractivity contribution < 1.29 is 13.2 Å². The Morgan fingerprint density at radius 1 is 1.14 bits per heavy atom. The molecule has 0 radical (unpaired) electrons. The van der Waals surface area contributed by atoms with Gasteiger partial charge >= 0.3 is 0 Å². The molecule has 0 spiro atoms. The molecule has 1 saturated heterocycles. The van der Waals surface area contributed by atoms with E-state index >= 15 is 0 Å². The monoisotopic (exact) mass is 435 g/mol. The van der Waals surface area contributed by atoms with E-state index in [-0.39, 0.29) is 11.9 Å². The third kappa shape index (κ3) is 5.66. The Morgan fingerprint density at radius 2 is 1.79 bits per heavy atom. The van der Waals surface area contributed by atoms with Crippen LogP contribution in [0, 0.1) is 0 Å². The summed E-state index contributed by atoms with van der Waals surface area (Å²) in [4.78, 5) is 16.9. The molecule has 29 heavy (non-hydrogen) atoms. The first-order valence-electron chi connectivity index (χ1n) is 10.1. The van der Waals surface area contributed by atoms with Gasteiger partial charge < -0.3 is 4.90 Å². The Bertz CT molecular complexity index is 884. The molecular formula is C21H29N3O3S2. The van der Waals surface area contributed by atoms with Crippen molar-refractivity contribution in [3.63, 3.8) is 0 Å². The van der Waals surface area contributed by atoms with Crippen LogP contribution >= 0.6 is 11.3 Å². The Balaban J connectivity index is 1.53. The van der Waals surface area contributed by atoms with Gasteiger partial charge in [0.2, 0.25) is 10.0 Å². The van der Waals surface area contributed by atoms with Gasteiger partial charge in [-0.2, -0.15) is 0 Å². The number of sulfonamides is 1. The van der Waals surface area contributed by atoms with E-state index in [1.54, 1.807) is 17.5 Å². The quantitative estimate of drug-likeness (QED) is 0.691. The van der Waals surface area contributed by atoms with Crippen molar-refractivity contribution in [2.45, 2.75) is 43.5 Å². The number of carbonyl (C=O) groups excluding carboxylic acids is 1. The third-order valence-electron chi connectivity index (χ3n) is 5.37. The number of thiophene rings is 1. The topological polar surface area (TPSA) is 69.7 Å². The van der Waals surface area contributed by atoms with Crippen LogP contribution in [0.4, 0.5) is 0 Å². The highest BCUT2D eigenvalue weighted by atomic mass is 32.2. The number of hydrogen-bond acceptors (Lipinski definition) is 5. The summed E-state index contributed by atoms with van der Waals surface area (Å²) in [6, 6.07) is 11.0. The van der Waals surface area contributed by atoms with Crippen LogP contribution in [-0.2, 0) is 16.6 Å². The highest BCUT2D eigenvalue weighted by Crippen LogP contribution is 2.20. The molecule has 2 heterocycles. The SMILES string of the molecule is CCN(CC)Cc1ccc(C(=O)N2CCC(NS(=O)(=O)c3cccs3)CC2)cc1. The van der Waals surface area contributed by atoms with Gasteiger partial charge in [-0.3, -0.25) is 9.69 Å². The minimum atomic E-state index is -3.46. The molecule has 2 aromatic rings. The van der Waals surface area contributed by atoms with Crippen molar-refractivity contribution in [3.8, 4) is 0 Å². The second-order valence-corrected chi connectivity index (χ2v) is 10.2. The number of carbonyl (C=O) groups is 1. The Hall–Kier alpha value is -1.74. The zero-order chi connectivity index (χ0) is 20.9. The third-order valence-corrected chi connectivity index (χ3v) is 8.28. The van der Waals surface area contributed by atoms with Gasteiger partial charge in [-0.1, -0.05) is 32.0 Å². The van der Waals surface area contributed by atoms with Gasteiger partial charge in [0.1, 0.15) is 4.21 Å². The largest absolute Gasteiger partial charge is 0.339 e. The van der Waals surface area contributed by atoms with Gasteiger partial charge in [0.15, 0.2) is 0 Å². The van der Waals surface area contributed by atoms with E-state index in [1.807, 2.05) is 29.2 Å². The number of rotatable bonds is 8. The molecule has 1 N–H and O–H groups in total. The molecule has 1 aliphatic rings. The first kappa shape index (κ1) is 22.0. The van der Waals surface area contributed by atoms with E-state index in [4.69, 9.17) is 0 Å². The van der Waals surface area contributed by atoms with Gasteiger partial charge in [0.05, 0.1) is 0 Å². The van der Waals surface area contributed by atoms with Crippen molar-refractivity contribution >= 4 is 27.3 Å². The fourth-order valence-corrected chi connectivity index (χ4v) is 5.85. The second kappa shape index (κ2) is 9.84. The molecule has 3 rings (SSSR count). The summed E-state index contributed by atoms with van der Waals surface area (Å²) in [6.07, 6.45) is 1.24. The van der Waals surface area contributed by atoms with Crippen LogP contribution in [0.5, 0.6) is 0 Å². The summed E-state index contributed by atoms with van der Waals surface area (Å²) in [7, 11) is -3.46. The normalized spacial score (nSPS) is 15.8. The lowest BCUT2D eigenvalue weighted by Gasteiger charge is -2.32. The lowest BCUT2D eigenvalue weighted by Crippen LogP contribution is -2.46. The average Bonchev–Trinajstić information content (AvgIpc) is 3.28. The highest BCUT2D eigenvalue weighted by Gasteiger charge is 2.27. The number of nitrogens with one attached hydrogen (secondary N) is 1. The summed E-state index contributed by atoms with van der Waals surface area (Å²) >= 11 is 1.21. The predicted molar refractivity (Wildman–Crippen MR) is 117 cm³/mol. The highest BCUT2D eigenvalue weighted by molar-refractivity contribution is 7.91. The van der Waals surface area contributed by atoms with Crippen molar-refractivity contribution in [2.75, 3.05) is 26.2 Å². The molecule has 1 aromatic carbocycles. The number of piperidine rings is 1. The number of amides is 1. The minimum absolute atomic E-state index is 0.0129. The van der Waals surface area contributed by atoms with Crippen LogP contribution in [0.25, 0.3) is 0 Å². The zero-order valence-corrected chi connectivity index (χ0v) is 18.6. The fourth-order valence-electron chi connectivity index (χ4n) is 3.54. The van der Waals surface area contributed by atoms with Crippen LogP contribution < -0.4 is 4.72 Å². The van der Waals surface area contributed by atoms with Crippen molar-refractivity contribution in [1.82, 2.24) is 14.5 Å². The molecule has 1 aliphatic heterocycles. The number of nitrogens with zero attached hydrogens (tertiary/aromatic N) is 2. The molecule has 1 amide bonds. The zero-order valence-electron chi connectivity index (χ0n) is 17.0. The van der Waals surface area contributed by atoms with Crippen molar-refractivity contribution in [3.05, 3.63) is 52.9 Å². The maximum atomic E-state index is 12.8. The summed E-state index contributed by atoms with van der Waals surface area (Å²) in [5.41, 5.74) is 1.89. The van der Waals surface area contributed by atoms with Crippen LogP contribution in [0.3, 0.4) is 0 Å². The standard InChI is InChI=1S/C21H29N3O3S2/c1-3-23(4-2)16-17-7-9-18(10-8-17)21(25)24-13-11-19(12-14-24)22-29(26,27)20-6-5-15-28-20/h5-10,15,19,22H,3-4,11-14,16H2,1-2H3. The molecule has 6 nitrogen and oxygen atoms in total. The van der Waals surface area contributed by atoms with E-state index in [9.17, 15) is 13.2 Å². The molecule has 0 aliphatic carbocycles. The molecule has 0 bridgehead atoms. The van der Waals surface area contributed by atoms with Crippen LogP contribution in [0.1, 0.15) is 42.6 Å². The average molecular weight is 436 g/mol. The maximum Gasteiger partial charge on any atom is 0.253 e. The van der Waals surface area contributed by atoms with E-state index < -0.39 is 10.0 Å². The van der Waals surface area contributed by atoms with Gasteiger partial charge in [0.25, 0.3) is 5.91 Å². The van der Waals surface area contributed by atoms with E-state index in [2.05, 4.69) is 23.5 Å². The Labute approximate surface area is 177 Å². The van der Waals surface area contributed by atoms with Crippen LogP contribution in [0.15, 0.2) is 46.0 Å². The Morgan fingerprint density at radius 3 is 2.34 bits per heavy atom. The molecule has 1 fully saturated rings. The van der Waals surface area contributed by atoms with Crippen LogP contribution in [-0.4, -0.2) is 56.3 Å². The first-order valence-corrected chi connectivity index (χ1v) is 12.5. The summed E-state index contributed by atoms with van der Waals surface area (Å²) in [6.45, 7) is 8.29. The van der Waals surface area contributed by atoms with Crippen molar-refractivity contribution in [2.24, 2.45) is 0 Å². The fraction of sp³-hybridized carbons (Fsp3) is 0.476. The molecule has 0 unspecified atom stereocenters. The van der Waals surface area contributed by atoms with Gasteiger partial charge in [-0.25, -0.2) is 13.1 Å².